The van der Waals surface area contributed by atoms with Crippen molar-refractivity contribution in [3.05, 3.63) is 42.7 Å². The van der Waals surface area contributed by atoms with Crippen LogP contribution in [0.5, 0.6) is 0 Å². The van der Waals surface area contributed by atoms with Crippen LogP contribution in [0.3, 0.4) is 0 Å². The Morgan fingerprint density at radius 1 is 1.16 bits per heavy atom. The summed E-state index contributed by atoms with van der Waals surface area (Å²) in [6.07, 6.45) is 2.89. The Morgan fingerprint density at radius 3 is 2.32 bits per heavy atom. The first kappa shape index (κ1) is 13.6. The zero-order valence-corrected chi connectivity index (χ0v) is 12.0. The van der Waals surface area contributed by atoms with Crippen molar-refractivity contribution in [3.8, 4) is 0 Å². The van der Waals surface area contributed by atoms with Gasteiger partial charge in [0.1, 0.15) is 4.90 Å². The molecular formula is C13H17N3O2S. The molecule has 0 radical (unpaired) electrons. The second kappa shape index (κ2) is 4.70. The Kier molecular flexibility index (Phi) is 3.36. The zero-order valence-electron chi connectivity index (χ0n) is 11.2. The van der Waals surface area contributed by atoms with Gasteiger partial charge in [0, 0.05) is 11.9 Å². The quantitative estimate of drug-likeness (QED) is 0.938. The summed E-state index contributed by atoms with van der Waals surface area (Å²) in [5, 5.41) is 4.09. The van der Waals surface area contributed by atoms with Crippen molar-refractivity contribution in [2.24, 2.45) is 0 Å². The third-order valence-electron chi connectivity index (χ3n) is 2.58. The summed E-state index contributed by atoms with van der Waals surface area (Å²) in [5.74, 6) is 0. The Hall–Kier alpha value is -1.82. The van der Waals surface area contributed by atoms with E-state index in [1.165, 1.54) is 12.4 Å². The summed E-state index contributed by atoms with van der Waals surface area (Å²) >= 11 is 0. The fourth-order valence-corrected chi connectivity index (χ4v) is 2.52. The second-order valence-corrected chi connectivity index (χ2v) is 6.95. The van der Waals surface area contributed by atoms with Crippen LogP contribution < -0.4 is 4.72 Å². The minimum Gasteiger partial charge on any atom is -0.280 e. The highest BCUT2D eigenvalue weighted by atomic mass is 32.2. The van der Waals surface area contributed by atoms with Crippen LogP contribution in [-0.2, 0) is 15.6 Å². The van der Waals surface area contributed by atoms with Crippen LogP contribution in [0.4, 0.5) is 5.69 Å². The van der Waals surface area contributed by atoms with E-state index in [9.17, 15) is 8.42 Å². The van der Waals surface area contributed by atoms with Gasteiger partial charge in [-0.25, -0.2) is 8.42 Å². The Bertz CT molecular complexity index is 655. The molecule has 1 heterocycles. The van der Waals surface area contributed by atoms with Crippen LogP contribution in [0.2, 0.25) is 0 Å². The minimum atomic E-state index is -3.59. The van der Waals surface area contributed by atoms with E-state index in [4.69, 9.17) is 0 Å². The molecule has 0 unspecified atom stereocenters. The molecule has 0 aliphatic rings. The van der Waals surface area contributed by atoms with Gasteiger partial charge in [-0.1, -0.05) is 18.2 Å². The highest BCUT2D eigenvalue weighted by Crippen LogP contribution is 2.18. The molecule has 5 nitrogen and oxygen atoms in total. The van der Waals surface area contributed by atoms with Gasteiger partial charge < -0.3 is 0 Å². The molecule has 0 saturated carbocycles. The minimum absolute atomic E-state index is 0.159. The number of nitrogens with zero attached hydrogens (tertiary/aromatic N) is 2. The van der Waals surface area contributed by atoms with Crippen LogP contribution in [0, 0.1) is 0 Å². The van der Waals surface area contributed by atoms with E-state index in [-0.39, 0.29) is 10.4 Å². The van der Waals surface area contributed by atoms with E-state index in [0.29, 0.717) is 5.69 Å². The van der Waals surface area contributed by atoms with Gasteiger partial charge in [-0.3, -0.25) is 9.40 Å². The van der Waals surface area contributed by atoms with Gasteiger partial charge in [0.2, 0.25) is 0 Å². The number of aromatic nitrogens is 2. The van der Waals surface area contributed by atoms with Crippen molar-refractivity contribution in [1.29, 1.82) is 0 Å². The number of para-hydroxylation sites is 1. The van der Waals surface area contributed by atoms with Crippen LogP contribution >= 0.6 is 0 Å². The first-order valence-corrected chi connectivity index (χ1v) is 7.40. The van der Waals surface area contributed by atoms with Crippen molar-refractivity contribution in [2.45, 2.75) is 31.2 Å². The van der Waals surface area contributed by atoms with Gasteiger partial charge in [-0.2, -0.15) is 5.10 Å². The van der Waals surface area contributed by atoms with Crippen molar-refractivity contribution in [1.82, 2.24) is 9.78 Å². The molecule has 102 valence electrons. The molecule has 1 aromatic heterocycles. The number of rotatable bonds is 3. The highest BCUT2D eigenvalue weighted by molar-refractivity contribution is 7.92. The fraction of sp³-hybridized carbons (Fsp3) is 0.308. The van der Waals surface area contributed by atoms with E-state index in [0.717, 1.165) is 0 Å². The maximum absolute atomic E-state index is 12.2. The molecular weight excluding hydrogens is 262 g/mol. The molecule has 0 amide bonds. The summed E-state index contributed by atoms with van der Waals surface area (Å²) < 4.78 is 28.5. The number of hydrogen-bond donors (Lipinski definition) is 1. The maximum atomic E-state index is 12.2. The van der Waals surface area contributed by atoms with Crippen LogP contribution in [-0.4, -0.2) is 18.2 Å². The number of benzene rings is 1. The van der Waals surface area contributed by atoms with Gasteiger partial charge in [0.15, 0.2) is 0 Å². The molecule has 0 aliphatic carbocycles. The molecule has 0 bridgehead atoms. The molecule has 0 fully saturated rings. The lowest BCUT2D eigenvalue weighted by Crippen LogP contribution is -2.22. The third kappa shape index (κ3) is 3.14. The van der Waals surface area contributed by atoms with E-state index in [1.807, 2.05) is 26.8 Å². The summed E-state index contributed by atoms with van der Waals surface area (Å²) in [6.45, 7) is 5.88. The molecule has 1 aromatic carbocycles. The first-order chi connectivity index (χ1) is 8.79. The van der Waals surface area contributed by atoms with Gasteiger partial charge in [-0.05, 0) is 32.9 Å². The second-order valence-electron chi connectivity index (χ2n) is 5.26. The predicted molar refractivity (Wildman–Crippen MR) is 74.5 cm³/mol. The smallest absolute Gasteiger partial charge is 0.265 e. The van der Waals surface area contributed by atoms with Gasteiger partial charge in [-0.15, -0.1) is 0 Å². The van der Waals surface area contributed by atoms with Crippen LogP contribution in [0.25, 0.3) is 0 Å². The number of nitrogens with one attached hydrogen (secondary N) is 1. The molecule has 0 atom stereocenters. The molecule has 6 heteroatoms. The van der Waals surface area contributed by atoms with E-state index >= 15 is 0 Å². The molecule has 1 N–H and O–H groups in total. The van der Waals surface area contributed by atoms with E-state index in [1.54, 1.807) is 28.9 Å². The molecule has 0 aliphatic heterocycles. The fourth-order valence-electron chi connectivity index (χ4n) is 1.53. The average molecular weight is 279 g/mol. The number of hydrogen-bond acceptors (Lipinski definition) is 3. The molecule has 2 rings (SSSR count). The molecule has 0 saturated heterocycles. The summed E-state index contributed by atoms with van der Waals surface area (Å²) in [5.41, 5.74) is 0.284. The molecule has 19 heavy (non-hydrogen) atoms. The summed E-state index contributed by atoms with van der Waals surface area (Å²) in [6, 6.07) is 8.78. The number of sulfonamides is 1. The van der Waals surface area contributed by atoms with Gasteiger partial charge in [0.05, 0.1) is 11.7 Å². The Labute approximate surface area is 113 Å². The third-order valence-corrected chi connectivity index (χ3v) is 3.92. The maximum Gasteiger partial charge on any atom is 0.265 e. The lowest BCUT2D eigenvalue weighted by molar-refractivity contribution is 0.355. The monoisotopic (exact) mass is 279 g/mol. The Balaban J connectivity index is 2.28. The Morgan fingerprint density at radius 2 is 1.79 bits per heavy atom. The normalized spacial score (nSPS) is 12.4. The largest absolute Gasteiger partial charge is 0.280 e. The van der Waals surface area contributed by atoms with E-state index < -0.39 is 10.0 Å². The topological polar surface area (TPSA) is 64.0 Å². The standard InChI is InChI=1S/C13H17N3O2S/c1-13(2,3)16-10-12(9-14-16)19(17,18)15-11-7-5-4-6-8-11/h4-10,15H,1-3H3. The van der Waals surface area contributed by atoms with Gasteiger partial charge in [0.25, 0.3) is 10.0 Å². The lowest BCUT2D eigenvalue weighted by atomic mass is 10.1. The van der Waals surface area contributed by atoms with Crippen molar-refractivity contribution >= 4 is 15.7 Å². The SMILES string of the molecule is CC(C)(C)n1cc(S(=O)(=O)Nc2ccccc2)cn1. The number of anilines is 1. The zero-order chi connectivity index (χ0) is 14.1. The highest BCUT2D eigenvalue weighted by Gasteiger charge is 2.20. The van der Waals surface area contributed by atoms with Gasteiger partial charge >= 0.3 is 0 Å². The molecule has 0 spiro atoms. The average Bonchev–Trinajstić information content (AvgIpc) is 2.79. The first-order valence-electron chi connectivity index (χ1n) is 5.92. The predicted octanol–water partition coefficient (Wildman–Crippen LogP) is 2.44. The van der Waals surface area contributed by atoms with Crippen molar-refractivity contribution < 1.29 is 8.42 Å². The van der Waals surface area contributed by atoms with Crippen molar-refractivity contribution in [2.75, 3.05) is 4.72 Å². The molecule has 2 aromatic rings. The lowest BCUT2D eigenvalue weighted by Gasteiger charge is -2.18. The summed E-state index contributed by atoms with van der Waals surface area (Å²) in [7, 11) is -3.59. The van der Waals surface area contributed by atoms with E-state index in [2.05, 4.69) is 9.82 Å². The van der Waals surface area contributed by atoms with Crippen molar-refractivity contribution in [3.63, 3.8) is 0 Å². The van der Waals surface area contributed by atoms with Crippen LogP contribution in [0.15, 0.2) is 47.6 Å². The van der Waals surface area contributed by atoms with Crippen LogP contribution in [0.1, 0.15) is 20.8 Å². The summed E-state index contributed by atoms with van der Waals surface area (Å²) in [4.78, 5) is 0.159.